The molecule has 0 fully saturated rings. The van der Waals surface area contributed by atoms with Crippen molar-refractivity contribution >= 4 is 39.4 Å². The Hall–Kier alpha value is -1.85. The van der Waals surface area contributed by atoms with Gasteiger partial charge in [0.1, 0.15) is 0 Å². The molecule has 1 N–H and O–H groups in total. The normalized spacial score (nSPS) is 11.6. The Kier molecular flexibility index (Phi) is 6.82. The van der Waals surface area contributed by atoms with Crippen molar-refractivity contribution in [3.8, 4) is 0 Å². The van der Waals surface area contributed by atoms with E-state index in [4.69, 9.17) is 16.3 Å². The predicted molar refractivity (Wildman–Crippen MR) is 96.8 cm³/mol. The van der Waals surface area contributed by atoms with E-state index in [0.717, 1.165) is 15.6 Å². The smallest absolute Gasteiger partial charge is 0.307 e. The van der Waals surface area contributed by atoms with E-state index in [-0.39, 0.29) is 24.7 Å². The topological polar surface area (TPSA) is 55.4 Å². The van der Waals surface area contributed by atoms with Gasteiger partial charge in [0.15, 0.2) is 0 Å². The summed E-state index contributed by atoms with van der Waals surface area (Å²) in [6.07, 6.45) is 0.288. The molecule has 1 unspecified atom stereocenters. The van der Waals surface area contributed by atoms with Crippen LogP contribution in [-0.2, 0) is 20.7 Å². The van der Waals surface area contributed by atoms with E-state index >= 15 is 0 Å². The number of carbonyl (C=O) groups excluding carboxylic acids is 2. The third-order valence-electron chi connectivity index (χ3n) is 3.48. The third kappa shape index (κ3) is 5.65. The molecule has 0 aliphatic rings. The average molecular weight is 411 g/mol. The lowest BCUT2D eigenvalue weighted by molar-refractivity contribution is -0.141. The number of esters is 1. The number of ether oxygens (including phenoxy) is 1. The van der Waals surface area contributed by atoms with Crippen LogP contribution in [-0.4, -0.2) is 19.0 Å². The van der Waals surface area contributed by atoms with Gasteiger partial charge in [0.25, 0.3) is 0 Å². The molecule has 0 saturated heterocycles. The van der Waals surface area contributed by atoms with Gasteiger partial charge in [0.2, 0.25) is 5.91 Å². The van der Waals surface area contributed by atoms with Crippen LogP contribution in [0.3, 0.4) is 0 Å². The number of hydrogen-bond donors (Lipinski definition) is 1. The van der Waals surface area contributed by atoms with Gasteiger partial charge in [-0.1, -0.05) is 51.8 Å². The molecule has 24 heavy (non-hydrogen) atoms. The van der Waals surface area contributed by atoms with Crippen molar-refractivity contribution in [2.24, 2.45) is 0 Å². The van der Waals surface area contributed by atoms with Gasteiger partial charge in [0, 0.05) is 9.50 Å². The molecule has 126 valence electrons. The van der Waals surface area contributed by atoms with Gasteiger partial charge in [-0.15, -0.1) is 0 Å². The fraction of sp³-hybridized carbons (Fsp3) is 0.222. The second kappa shape index (κ2) is 8.85. The van der Waals surface area contributed by atoms with Crippen molar-refractivity contribution < 1.29 is 14.3 Å². The minimum atomic E-state index is -0.439. The Morgan fingerprint density at radius 2 is 1.75 bits per heavy atom. The molecular formula is C18H17BrClNO3. The summed E-state index contributed by atoms with van der Waals surface area (Å²) in [6, 6.07) is 14.1. The molecule has 6 heteroatoms. The highest BCUT2D eigenvalue weighted by Crippen LogP contribution is 2.20. The maximum Gasteiger partial charge on any atom is 0.307 e. The van der Waals surface area contributed by atoms with Crippen LogP contribution < -0.4 is 5.32 Å². The Balaban J connectivity index is 2.08. The Morgan fingerprint density at radius 1 is 1.12 bits per heavy atom. The molecule has 0 spiro atoms. The second-order valence-corrected chi connectivity index (χ2v) is 6.61. The molecule has 0 bridgehead atoms. The number of methoxy groups -OCH3 is 1. The summed E-state index contributed by atoms with van der Waals surface area (Å²) in [6.45, 7) is 0. The van der Waals surface area contributed by atoms with Gasteiger partial charge < -0.3 is 10.1 Å². The van der Waals surface area contributed by atoms with E-state index in [1.807, 2.05) is 24.3 Å². The number of hydrogen-bond acceptors (Lipinski definition) is 3. The molecule has 1 amide bonds. The van der Waals surface area contributed by atoms with E-state index in [0.29, 0.717) is 5.02 Å². The largest absolute Gasteiger partial charge is 0.469 e. The SMILES string of the molecule is COC(=O)CC(NC(=O)Cc1ccc(Cl)cc1)c1ccc(Br)cc1. The lowest BCUT2D eigenvalue weighted by atomic mass is 10.0. The van der Waals surface area contributed by atoms with Gasteiger partial charge in [-0.2, -0.15) is 0 Å². The molecule has 0 radical (unpaired) electrons. The van der Waals surface area contributed by atoms with Crippen molar-refractivity contribution in [1.82, 2.24) is 5.32 Å². The highest BCUT2D eigenvalue weighted by Gasteiger charge is 2.19. The Labute approximate surface area is 154 Å². The summed E-state index contributed by atoms with van der Waals surface area (Å²) < 4.78 is 5.65. The standard InChI is InChI=1S/C18H17BrClNO3/c1-24-18(23)11-16(13-4-6-14(19)7-5-13)21-17(22)10-12-2-8-15(20)9-3-12/h2-9,16H,10-11H2,1H3,(H,21,22). The number of carbonyl (C=O) groups is 2. The number of rotatable bonds is 6. The molecule has 0 aliphatic carbocycles. The monoisotopic (exact) mass is 409 g/mol. The zero-order valence-electron chi connectivity index (χ0n) is 13.1. The van der Waals surface area contributed by atoms with Crippen LogP contribution >= 0.6 is 27.5 Å². The highest BCUT2D eigenvalue weighted by molar-refractivity contribution is 9.10. The lowest BCUT2D eigenvalue weighted by Crippen LogP contribution is -2.31. The number of amides is 1. The molecule has 4 nitrogen and oxygen atoms in total. The average Bonchev–Trinajstić information content (AvgIpc) is 2.57. The summed E-state index contributed by atoms with van der Waals surface area (Å²) in [7, 11) is 1.33. The summed E-state index contributed by atoms with van der Waals surface area (Å²) in [5, 5.41) is 3.52. The number of nitrogens with one attached hydrogen (secondary N) is 1. The van der Waals surface area contributed by atoms with Crippen molar-refractivity contribution in [3.05, 3.63) is 69.2 Å². The van der Waals surface area contributed by atoms with E-state index in [1.165, 1.54) is 7.11 Å². The molecule has 2 rings (SSSR count). The van der Waals surface area contributed by atoms with E-state index in [9.17, 15) is 9.59 Å². The van der Waals surface area contributed by atoms with Crippen LogP contribution in [0.15, 0.2) is 53.0 Å². The number of halogens is 2. The fourth-order valence-corrected chi connectivity index (χ4v) is 2.62. The molecule has 0 aromatic heterocycles. The van der Waals surface area contributed by atoms with E-state index < -0.39 is 6.04 Å². The van der Waals surface area contributed by atoms with E-state index in [2.05, 4.69) is 21.2 Å². The van der Waals surface area contributed by atoms with Crippen molar-refractivity contribution in [3.63, 3.8) is 0 Å². The minimum absolute atomic E-state index is 0.0739. The van der Waals surface area contributed by atoms with E-state index in [1.54, 1.807) is 24.3 Å². The first kappa shape index (κ1) is 18.5. The van der Waals surface area contributed by atoms with Crippen LogP contribution in [0.4, 0.5) is 0 Å². The first-order chi connectivity index (χ1) is 11.5. The molecule has 1 atom stereocenters. The molecule has 2 aromatic carbocycles. The fourth-order valence-electron chi connectivity index (χ4n) is 2.23. The number of benzene rings is 2. The van der Waals surface area contributed by atoms with Gasteiger partial charge in [-0.3, -0.25) is 9.59 Å². The zero-order valence-corrected chi connectivity index (χ0v) is 15.4. The lowest BCUT2D eigenvalue weighted by Gasteiger charge is -2.18. The molecule has 0 heterocycles. The van der Waals surface area contributed by atoms with Crippen LogP contribution in [0.2, 0.25) is 5.02 Å². The minimum Gasteiger partial charge on any atom is -0.469 e. The van der Waals surface area contributed by atoms with Crippen LogP contribution in [0.1, 0.15) is 23.6 Å². The van der Waals surface area contributed by atoms with Crippen LogP contribution in [0, 0.1) is 0 Å². The molecule has 2 aromatic rings. The summed E-state index contributed by atoms with van der Waals surface area (Å²) in [5.41, 5.74) is 1.69. The van der Waals surface area contributed by atoms with Crippen LogP contribution in [0.25, 0.3) is 0 Å². The summed E-state index contributed by atoms with van der Waals surface area (Å²) in [4.78, 5) is 24.0. The second-order valence-electron chi connectivity index (χ2n) is 5.26. The molecular weight excluding hydrogens is 394 g/mol. The van der Waals surface area contributed by atoms with Gasteiger partial charge in [0.05, 0.1) is 26.0 Å². The molecule has 0 saturated carbocycles. The van der Waals surface area contributed by atoms with Gasteiger partial charge in [-0.25, -0.2) is 0 Å². The maximum absolute atomic E-state index is 12.3. The third-order valence-corrected chi connectivity index (χ3v) is 4.26. The van der Waals surface area contributed by atoms with Crippen LogP contribution in [0.5, 0.6) is 0 Å². The zero-order chi connectivity index (χ0) is 17.5. The maximum atomic E-state index is 12.3. The Bertz CT molecular complexity index is 701. The first-order valence-corrected chi connectivity index (χ1v) is 8.51. The quantitative estimate of drug-likeness (QED) is 0.731. The Morgan fingerprint density at radius 3 is 2.33 bits per heavy atom. The van der Waals surface area contributed by atoms with Crippen molar-refractivity contribution in [2.45, 2.75) is 18.9 Å². The van der Waals surface area contributed by atoms with Crippen molar-refractivity contribution in [1.29, 1.82) is 0 Å². The van der Waals surface area contributed by atoms with Gasteiger partial charge >= 0.3 is 5.97 Å². The highest BCUT2D eigenvalue weighted by atomic mass is 79.9. The molecule has 0 aliphatic heterocycles. The predicted octanol–water partition coefficient (Wildman–Crippen LogP) is 4.07. The summed E-state index contributed by atoms with van der Waals surface area (Å²) in [5.74, 6) is -0.552. The van der Waals surface area contributed by atoms with Crippen molar-refractivity contribution in [2.75, 3.05) is 7.11 Å². The van der Waals surface area contributed by atoms with Gasteiger partial charge in [-0.05, 0) is 35.4 Å². The first-order valence-electron chi connectivity index (χ1n) is 7.34. The summed E-state index contributed by atoms with van der Waals surface area (Å²) >= 11 is 9.21.